The highest BCUT2D eigenvalue weighted by atomic mass is 79.9. The van der Waals surface area contributed by atoms with E-state index in [2.05, 4.69) is 21.2 Å². The number of nitro benzene ring substituents is 1. The van der Waals surface area contributed by atoms with Gasteiger partial charge in [-0.3, -0.25) is 14.9 Å². The van der Waals surface area contributed by atoms with E-state index in [0.29, 0.717) is 5.69 Å². The summed E-state index contributed by atoms with van der Waals surface area (Å²) in [5.74, 6) is -0.199. The van der Waals surface area contributed by atoms with Gasteiger partial charge < -0.3 is 9.73 Å². The molecule has 7 nitrogen and oxygen atoms in total. The number of furan rings is 1. The standard InChI is InChI=1S/C20H11BrClN3O4/c21-13-2-1-3-15(9-13)24-20(26)12(11-23)8-16-5-7-19(29-16)17-6-4-14(22)10-18(17)25(27)28/h1-10H,(H,24,26)/b12-8-. The van der Waals surface area contributed by atoms with E-state index >= 15 is 0 Å². The topological polar surface area (TPSA) is 109 Å². The first kappa shape index (κ1) is 20.3. The van der Waals surface area contributed by atoms with Crippen molar-refractivity contribution in [1.29, 1.82) is 5.26 Å². The predicted molar refractivity (Wildman–Crippen MR) is 112 cm³/mol. The van der Waals surface area contributed by atoms with Crippen molar-refractivity contribution >= 4 is 50.9 Å². The van der Waals surface area contributed by atoms with Crippen molar-refractivity contribution < 1.29 is 14.1 Å². The van der Waals surface area contributed by atoms with Gasteiger partial charge in [0, 0.05) is 27.3 Å². The van der Waals surface area contributed by atoms with Gasteiger partial charge in [0.05, 0.1) is 10.5 Å². The number of halogens is 2. The first-order valence-electron chi connectivity index (χ1n) is 8.10. The zero-order valence-electron chi connectivity index (χ0n) is 14.6. The Hall–Kier alpha value is -3.41. The summed E-state index contributed by atoms with van der Waals surface area (Å²) in [4.78, 5) is 23.0. The van der Waals surface area contributed by atoms with Gasteiger partial charge in [0.15, 0.2) is 0 Å². The maximum absolute atomic E-state index is 12.4. The third-order valence-corrected chi connectivity index (χ3v) is 4.51. The SMILES string of the molecule is N#C/C(=C/c1ccc(-c2ccc(Cl)cc2[N+](=O)[O-])o1)C(=O)Nc1cccc(Br)c1. The van der Waals surface area contributed by atoms with Gasteiger partial charge in [0.1, 0.15) is 23.2 Å². The fourth-order valence-electron chi connectivity index (χ4n) is 2.49. The molecule has 9 heteroatoms. The Labute approximate surface area is 178 Å². The van der Waals surface area contributed by atoms with Gasteiger partial charge in [0.2, 0.25) is 0 Å². The van der Waals surface area contributed by atoms with Crippen molar-refractivity contribution in [2.24, 2.45) is 0 Å². The Morgan fingerprint density at radius 2 is 2.03 bits per heavy atom. The minimum absolute atomic E-state index is 0.184. The predicted octanol–water partition coefficient (Wildman–Crippen LogP) is 5.82. The minimum atomic E-state index is -0.610. The highest BCUT2D eigenvalue weighted by Gasteiger charge is 2.19. The van der Waals surface area contributed by atoms with Gasteiger partial charge in [-0.2, -0.15) is 5.26 Å². The van der Waals surface area contributed by atoms with Crippen LogP contribution in [-0.4, -0.2) is 10.8 Å². The number of nitrogens with zero attached hydrogens (tertiary/aromatic N) is 2. The van der Waals surface area contributed by atoms with Crippen LogP contribution in [0, 0.1) is 21.4 Å². The monoisotopic (exact) mass is 471 g/mol. The molecule has 1 heterocycles. The number of hydrogen-bond acceptors (Lipinski definition) is 5. The third kappa shape index (κ3) is 4.90. The molecule has 0 aliphatic rings. The molecule has 0 aliphatic heterocycles. The zero-order chi connectivity index (χ0) is 21.0. The van der Waals surface area contributed by atoms with E-state index in [1.165, 1.54) is 36.4 Å². The van der Waals surface area contributed by atoms with Gasteiger partial charge in [-0.1, -0.05) is 33.6 Å². The van der Waals surface area contributed by atoms with Crippen LogP contribution in [0.2, 0.25) is 5.02 Å². The molecule has 0 fully saturated rings. The molecule has 0 bridgehead atoms. The molecule has 0 atom stereocenters. The van der Waals surface area contributed by atoms with Crippen LogP contribution in [0.25, 0.3) is 17.4 Å². The largest absolute Gasteiger partial charge is 0.456 e. The molecule has 0 saturated heterocycles. The number of hydrogen-bond donors (Lipinski definition) is 1. The molecule has 3 rings (SSSR count). The Morgan fingerprint density at radius 3 is 2.72 bits per heavy atom. The van der Waals surface area contributed by atoms with Crippen LogP contribution in [0.3, 0.4) is 0 Å². The molecule has 3 aromatic rings. The summed E-state index contributed by atoms with van der Waals surface area (Å²) in [7, 11) is 0. The van der Waals surface area contributed by atoms with Crippen LogP contribution in [0.1, 0.15) is 5.76 Å². The smallest absolute Gasteiger partial charge is 0.281 e. The van der Waals surface area contributed by atoms with Crippen LogP contribution < -0.4 is 5.32 Å². The lowest BCUT2D eigenvalue weighted by Gasteiger charge is -2.04. The van der Waals surface area contributed by atoms with E-state index in [1.54, 1.807) is 24.3 Å². The molecular weight excluding hydrogens is 462 g/mol. The molecule has 1 amide bonds. The molecule has 0 saturated carbocycles. The lowest BCUT2D eigenvalue weighted by molar-refractivity contribution is -0.384. The number of nitrogens with one attached hydrogen (secondary N) is 1. The molecular formula is C20H11BrClN3O4. The van der Waals surface area contributed by atoms with Crippen LogP contribution in [0.15, 0.2) is 69.1 Å². The summed E-state index contributed by atoms with van der Waals surface area (Å²) in [5, 5.41) is 23.4. The van der Waals surface area contributed by atoms with Crippen molar-refractivity contribution in [3.05, 3.63) is 85.5 Å². The summed E-state index contributed by atoms with van der Waals surface area (Å²) in [6.07, 6.45) is 1.26. The number of carbonyl (C=O) groups is 1. The number of nitro groups is 1. The van der Waals surface area contributed by atoms with E-state index in [4.69, 9.17) is 16.0 Å². The lowest BCUT2D eigenvalue weighted by atomic mass is 10.1. The van der Waals surface area contributed by atoms with E-state index in [1.807, 2.05) is 6.07 Å². The highest BCUT2D eigenvalue weighted by molar-refractivity contribution is 9.10. The average Bonchev–Trinajstić information content (AvgIpc) is 3.14. The number of benzene rings is 2. The molecule has 0 spiro atoms. The second kappa shape index (κ2) is 8.73. The second-order valence-electron chi connectivity index (χ2n) is 5.75. The molecule has 144 valence electrons. The van der Waals surface area contributed by atoms with E-state index in [0.717, 1.165) is 4.47 Å². The van der Waals surface area contributed by atoms with Crippen molar-refractivity contribution in [2.45, 2.75) is 0 Å². The zero-order valence-corrected chi connectivity index (χ0v) is 16.9. The van der Waals surface area contributed by atoms with Gasteiger partial charge in [-0.25, -0.2) is 0 Å². The van der Waals surface area contributed by atoms with Gasteiger partial charge in [0.25, 0.3) is 11.6 Å². The molecule has 0 radical (unpaired) electrons. The molecule has 0 unspecified atom stereocenters. The van der Waals surface area contributed by atoms with E-state index < -0.39 is 10.8 Å². The molecule has 2 aromatic carbocycles. The van der Waals surface area contributed by atoms with Crippen LogP contribution in [-0.2, 0) is 4.79 Å². The second-order valence-corrected chi connectivity index (χ2v) is 7.11. The Kier molecular flexibility index (Phi) is 6.12. The quantitative estimate of drug-likeness (QED) is 0.218. The third-order valence-electron chi connectivity index (χ3n) is 3.78. The van der Waals surface area contributed by atoms with E-state index in [-0.39, 0.29) is 33.4 Å². The lowest BCUT2D eigenvalue weighted by Crippen LogP contribution is -2.13. The maximum Gasteiger partial charge on any atom is 0.281 e. The first-order chi connectivity index (χ1) is 13.9. The summed E-state index contributed by atoms with van der Waals surface area (Å²) in [6.45, 7) is 0. The Balaban J connectivity index is 1.87. The maximum atomic E-state index is 12.4. The molecule has 0 aliphatic carbocycles. The summed E-state index contributed by atoms with van der Waals surface area (Å²) < 4.78 is 6.37. The average molecular weight is 473 g/mol. The van der Waals surface area contributed by atoms with Crippen LogP contribution >= 0.6 is 27.5 Å². The van der Waals surface area contributed by atoms with Gasteiger partial charge in [-0.05, 0) is 42.5 Å². The number of carbonyl (C=O) groups excluding carboxylic acids is 1. The van der Waals surface area contributed by atoms with Crippen LogP contribution in [0.4, 0.5) is 11.4 Å². The van der Waals surface area contributed by atoms with Crippen molar-refractivity contribution in [3.8, 4) is 17.4 Å². The van der Waals surface area contributed by atoms with Crippen molar-refractivity contribution in [3.63, 3.8) is 0 Å². The molecule has 1 N–H and O–H groups in total. The van der Waals surface area contributed by atoms with Crippen molar-refractivity contribution in [1.82, 2.24) is 0 Å². The fraction of sp³-hybridized carbons (Fsp3) is 0. The number of amides is 1. The van der Waals surface area contributed by atoms with Gasteiger partial charge >= 0.3 is 0 Å². The van der Waals surface area contributed by atoms with Crippen molar-refractivity contribution in [2.75, 3.05) is 5.32 Å². The minimum Gasteiger partial charge on any atom is -0.456 e. The highest BCUT2D eigenvalue weighted by Crippen LogP contribution is 2.33. The summed E-state index contributed by atoms with van der Waals surface area (Å²) >= 11 is 9.13. The normalized spacial score (nSPS) is 11.0. The number of anilines is 1. The van der Waals surface area contributed by atoms with E-state index in [9.17, 15) is 20.2 Å². The molecule has 29 heavy (non-hydrogen) atoms. The Bertz CT molecular complexity index is 1180. The number of nitriles is 1. The Morgan fingerprint density at radius 1 is 1.24 bits per heavy atom. The summed E-state index contributed by atoms with van der Waals surface area (Å²) in [5.41, 5.74) is 0.352. The molecule has 1 aromatic heterocycles. The van der Waals surface area contributed by atoms with Crippen LogP contribution in [0.5, 0.6) is 0 Å². The first-order valence-corrected chi connectivity index (χ1v) is 9.27. The number of rotatable bonds is 5. The fourth-order valence-corrected chi connectivity index (χ4v) is 3.06. The summed E-state index contributed by atoms with van der Waals surface area (Å²) in [6, 6.07) is 16.0. The van der Waals surface area contributed by atoms with Gasteiger partial charge in [-0.15, -0.1) is 0 Å².